The number of fused-ring (bicyclic) bond motifs is 3. The number of para-hydroxylation sites is 1. The van der Waals surface area contributed by atoms with Crippen molar-refractivity contribution in [2.45, 2.75) is 9.79 Å². The predicted molar refractivity (Wildman–Crippen MR) is 159 cm³/mol. The topological polar surface area (TPSA) is 223 Å². The highest BCUT2D eigenvalue weighted by atomic mass is 32.2. The van der Waals surface area contributed by atoms with Crippen LogP contribution in [0, 0.1) is 10.1 Å². The molecular formula is C27H19N7O9S2. The van der Waals surface area contributed by atoms with Crippen LogP contribution in [-0.2, 0) is 20.2 Å². The Bertz CT molecular complexity index is 2400. The number of hydrogen-bond acceptors (Lipinski definition) is 11. The number of rotatable bonds is 8. The van der Waals surface area contributed by atoms with Crippen LogP contribution in [0.4, 0.5) is 5.69 Å². The van der Waals surface area contributed by atoms with Gasteiger partial charge >= 0.3 is 0 Å². The number of benzene rings is 4. The van der Waals surface area contributed by atoms with Crippen molar-refractivity contribution in [3.63, 3.8) is 0 Å². The largest absolute Gasteiger partial charge is 0.494 e. The molecular weight excluding hydrogens is 630 g/mol. The third kappa shape index (κ3) is 5.60. The van der Waals surface area contributed by atoms with Gasteiger partial charge in [0.15, 0.2) is 11.3 Å². The van der Waals surface area contributed by atoms with Crippen LogP contribution >= 0.6 is 0 Å². The van der Waals surface area contributed by atoms with Crippen molar-refractivity contribution < 1.29 is 35.6 Å². The second-order valence-electron chi connectivity index (χ2n) is 9.44. The fraction of sp³-hybridized carbons (Fsp3) is 0.0370. The van der Waals surface area contributed by atoms with Gasteiger partial charge in [-0.2, -0.15) is 26.4 Å². The zero-order valence-corrected chi connectivity index (χ0v) is 24.4. The third-order valence-corrected chi connectivity index (χ3v) is 8.44. The number of ether oxygens (including phenoxy) is 1. The molecule has 0 aliphatic rings. The number of nitro benzene ring substituents is 1. The quantitative estimate of drug-likeness (QED) is 0.104. The fourth-order valence-corrected chi connectivity index (χ4v) is 5.95. The Labute approximate surface area is 253 Å². The summed E-state index contributed by atoms with van der Waals surface area (Å²) in [5, 5.41) is 29.1. The minimum absolute atomic E-state index is 0.0802. The van der Waals surface area contributed by atoms with Gasteiger partial charge in [0, 0.05) is 18.2 Å². The molecule has 16 nitrogen and oxygen atoms in total. The van der Waals surface area contributed by atoms with Crippen LogP contribution in [0.2, 0.25) is 0 Å². The molecule has 0 bridgehead atoms. The van der Waals surface area contributed by atoms with Gasteiger partial charge in [0.2, 0.25) is 0 Å². The van der Waals surface area contributed by atoms with Crippen molar-refractivity contribution in [1.82, 2.24) is 30.0 Å². The number of hydrogen-bond donors (Lipinski definition) is 2. The second-order valence-corrected chi connectivity index (χ2v) is 12.2. The molecule has 0 unspecified atom stereocenters. The first-order chi connectivity index (χ1) is 21.3. The van der Waals surface area contributed by atoms with E-state index in [4.69, 9.17) is 4.74 Å². The smallest absolute Gasteiger partial charge is 0.295 e. The molecule has 0 radical (unpaired) electrons. The summed E-state index contributed by atoms with van der Waals surface area (Å²) in [5.41, 5.74) is 1.45. The van der Waals surface area contributed by atoms with Crippen LogP contribution < -0.4 is 4.74 Å². The van der Waals surface area contributed by atoms with E-state index in [1.165, 1.54) is 24.0 Å². The van der Waals surface area contributed by atoms with E-state index < -0.39 is 40.6 Å². The van der Waals surface area contributed by atoms with Crippen molar-refractivity contribution in [2.75, 3.05) is 7.11 Å². The predicted octanol–water partition coefficient (Wildman–Crippen LogP) is 3.74. The van der Waals surface area contributed by atoms with E-state index in [0.717, 1.165) is 35.1 Å². The first-order valence-electron chi connectivity index (χ1n) is 12.7. The fourth-order valence-electron chi connectivity index (χ4n) is 4.54. The monoisotopic (exact) mass is 649 g/mol. The van der Waals surface area contributed by atoms with Gasteiger partial charge in [0.1, 0.15) is 26.3 Å². The number of non-ortho nitro benzene ring substituents is 1. The molecule has 18 heteroatoms. The highest BCUT2D eigenvalue weighted by Gasteiger charge is 2.22. The van der Waals surface area contributed by atoms with E-state index in [9.17, 15) is 36.1 Å². The molecule has 2 aromatic heterocycles. The van der Waals surface area contributed by atoms with Gasteiger partial charge in [0.25, 0.3) is 25.9 Å². The summed E-state index contributed by atoms with van der Waals surface area (Å²) >= 11 is 0. The normalized spacial score (nSPS) is 12.3. The van der Waals surface area contributed by atoms with Gasteiger partial charge in [-0.25, -0.2) is 0 Å². The van der Waals surface area contributed by atoms with Crippen LogP contribution in [0.1, 0.15) is 11.1 Å². The second kappa shape index (κ2) is 10.9. The molecule has 45 heavy (non-hydrogen) atoms. The molecule has 0 amide bonds. The average Bonchev–Trinajstić information content (AvgIpc) is 3.64. The first kappa shape index (κ1) is 29.5. The van der Waals surface area contributed by atoms with E-state index >= 15 is 0 Å². The number of aromatic nitrogens is 6. The molecule has 4 aromatic carbocycles. The molecule has 0 fully saturated rings. The number of nitro groups is 1. The van der Waals surface area contributed by atoms with E-state index in [0.29, 0.717) is 39.6 Å². The average molecular weight is 650 g/mol. The molecule has 0 saturated carbocycles. The maximum Gasteiger partial charge on any atom is 0.295 e. The van der Waals surface area contributed by atoms with Crippen molar-refractivity contribution in [3.8, 4) is 17.1 Å². The minimum Gasteiger partial charge on any atom is -0.494 e. The van der Waals surface area contributed by atoms with E-state index in [-0.39, 0.29) is 16.8 Å². The summed E-state index contributed by atoms with van der Waals surface area (Å²) in [6.45, 7) is 0. The summed E-state index contributed by atoms with van der Waals surface area (Å²) in [6, 6.07) is 17.4. The van der Waals surface area contributed by atoms with Gasteiger partial charge in [-0.3, -0.25) is 19.2 Å². The van der Waals surface area contributed by atoms with Crippen LogP contribution in [0.25, 0.3) is 45.6 Å². The lowest BCUT2D eigenvalue weighted by atomic mass is 10.1. The summed E-state index contributed by atoms with van der Waals surface area (Å²) in [6.07, 6.45) is 2.28. The molecule has 0 aliphatic carbocycles. The summed E-state index contributed by atoms with van der Waals surface area (Å²) in [4.78, 5) is 11.4. The molecule has 0 atom stereocenters. The highest BCUT2D eigenvalue weighted by Crippen LogP contribution is 2.31. The SMILES string of the molecule is COc1cc2nn(-c3ccccc3)nc2c2nn(-c3ccc(/C=C/c4ccc([N+](=O)[O-])cc4S(=O)(=O)O)c(S(=O)(=O)O)c3)nc12. The van der Waals surface area contributed by atoms with E-state index in [2.05, 4.69) is 20.4 Å². The van der Waals surface area contributed by atoms with Gasteiger partial charge in [-0.1, -0.05) is 36.4 Å². The maximum absolute atomic E-state index is 12.4. The molecule has 6 rings (SSSR count). The Balaban J connectivity index is 1.45. The van der Waals surface area contributed by atoms with Gasteiger partial charge in [-0.15, -0.1) is 20.4 Å². The van der Waals surface area contributed by atoms with Gasteiger partial charge in [0.05, 0.1) is 23.4 Å². The summed E-state index contributed by atoms with van der Waals surface area (Å²) in [5.74, 6) is 0.330. The highest BCUT2D eigenvalue weighted by molar-refractivity contribution is 7.86. The van der Waals surface area contributed by atoms with Gasteiger partial charge < -0.3 is 4.74 Å². The first-order valence-corrected chi connectivity index (χ1v) is 15.5. The lowest BCUT2D eigenvalue weighted by molar-refractivity contribution is -0.385. The van der Waals surface area contributed by atoms with E-state index in [1.54, 1.807) is 6.07 Å². The Kier molecular flexibility index (Phi) is 7.12. The molecule has 2 heterocycles. The summed E-state index contributed by atoms with van der Waals surface area (Å²) in [7, 11) is -8.30. The minimum atomic E-state index is -4.89. The van der Waals surface area contributed by atoms with Crippen LogP contribution in [0.15, 0.2) is 82.6 Å². The van der Waals surface area contributed by atoms with Gasteiger partial charge in [-0.05, 0) is 41.5 Å². The lowest BCUT2D eigenvalue weighted by Gasteiger charge is -2.07. The lowest BCUT2D eigenvalue weighted by Crippen LogP contribution is -2.05. The van der Waals surface area contributed by atoms with E-state index in [1.807, 2.05) is 30.3 Å². The molecule has 6 aromatic rings. The van der Waals surface area contributed by atoms with Crippen LogP contribution in [-0.4, -0.2) is 68.0 Å². The molecule has 0 spiro atoms. The zero-order chi connectivity index (χ0) is 32.1. The van der Waals surface area contributed by atoms with Crippen LogP contribution in [0.3, 0.4) is 0 Å². The molecule has 228 valence electrons. The van der Waals surface area contributed by atoms with Crippen molar-refractivity contribution in [2.24, 2.45) is 0 Å². The summed E-state index contributed by atoms with van der Waals surface area (Å²) < 4.78 is 73.6. The Hall–Kier alpha value is -5.56. The number of methoxy groups -OCH3 is 1. The zero-order valence-electron chi connectivity index (χ0n) is 22.8. The number of nitrogens with zero attached hydrogens (tertiary/aromatic N) is 7. The molecule has 0 aliphatic heterocycles. The molecule has 2 N–H and O–H groups in total. The Morgan fingerprint density at radius 2 is 1.31 bits per heavy atom. The van der Waals surface area contributed by atoms with Crippen LogP contribution in [0.5, 0.6) is 5.75 Å². The third-order valence-electron chi connectivity index (χ3n) is 6.62. The maximum atomic E-state index is 12.4. The van der Waals surface area contributed by atoms with Crippen molar-refractivity contribution in [1.29, 1.82) is 0 Å². The molecule has 0 saturated heterocycles. The Morgan fingerprint density at radius 1 is 0.733 bits per heavy atom. The Morgan fingerprint density at radius 3 is 1.93 bits per heavy atom. The standard InChI is InChI=1S/C27H19N7O9S2/c1-43-22-15-21-25(29-32(28-21)18-5-3-2-4-6-18)27-26(22)30-33(31-27)19-11-9-16(23(13-19)44(37,38)39)7-8-17-10-12-20(34(35)36)14-24(17)45(40,41)42/h2-15H,1H3,(H,37,38,39)(H,40,41,42)/b8-7+. The van der Waals surface area contributed by atoms with Crippen molar-refractivity contribution >= 4 is 60.1 Å². The van der Waals surface area contributed by atoms with Crippen molar-refractivity contribution in [3.05, 3.63) is 94.0 Å².